The maximum atomic E-state index is 12.8. The molecule has 1 aliphatic rings. The molecule has 1 aromatic heterocycles. The Bertz CT molecular complexity index is 730. The van der Waals surface area contributed by atoms with Crippen molar-refractivity contribution in [1.29, 1.82) is 0 Å². The number of rotatable bonds is 6. The number of furan rings is 1. The van der Waals surface area contributed by atoms with Crippen LogP contribution >= 0.6 is 0 Å². The van der Waals surface area contributed by atoms with E-state index in [1.807, 2.05) is 36.4 Å². The Hall–Kier alpha value is -1.85. The minimum Gasteiger partial charge on any atom is -0.468 e. The molecule has 1 aliphatic carbocycles. The van der Waals surface area contributed by atoms with Gasteiger partial charge in [0.2, 0.25) is 10.0 Å². The van der Waals surface area contributed by atoms with Crippen LogP contribution in [-0.2, 0) is 16.6 Å². The van der Waals surface area contributed by atoms with Gasteiger partial charge in [0, 0.05) is 11.4 Å². The second kappa shape index (κ2) is 7.15. The molecule has 0 bridgehead atoms. The van der Waals surface area contributed by atoms with Crippen molar-refractivity contribution in [3.8, 4) is 0 Å². The summed E-state index contributed by atoms with van der Waals surface area (Å²) in [4.78, 5) is 0. The Balaban J connectivity index is 1.83. The lowest BCUT2D eigenvalue weighted by Crippen LogP contribution is -2.36. The third-order valence-electron chi connectivity index (χ3n) is 4.18. The molecule has 0 saturated heterocycles. The third kappa shape index (κ3) is 4.12. The van der Waals surface area contributed by atoms with Crippen LogP contribution in [0.15, 0.2) is 58.6 Å². The van der Waals surface area contributed by atoms with Crippen LogP contribution in [0.2, 0.25) is 0 Å². The summed E-state index contributed by atoms with van der Waals surface area (Å²) in [6.07, 6.45) is 7.22. The molecule has 1 aromatic carbocycles. The van der Waals surface area contributed by atoms with Crippen LogP contribution in [0.1, 0.15) is 37.0 Å². The van der Waals surface area contributed by atoms with E-state index in [1.165, 1.54) is 5.41 Å². The fourth-order valence-electron chi connectivity index (χ4n) is 2.98. The molecule has 5 heteroatoms. The number of hydrogen-bond acceptors (Lipinski definition) is 3. The maximum absolute atomic E-state index is 12.8. The van der Waals surface area contributed by atoms with Crippen LogP contribution in [-0.4, -0.2) is 18.8 Å². The first-order valence-corrected chi connectivity index (χ1v) is 9.43. The lowest BCUT2D eigenvalue weighted by molar-refractivity contribution is 0.295. The van der Waals surface area contributed by atoms with Gasteiger partial charge in [0.05, 0.1) is 12.8 Å². The van der Waals surface area contributed by atoms with Crippen molar-refractivity contribution in [2.24, 2.45) is 0 Å². The predicted molar refractivity (Wildman–Crippen MR) is 90.9 cm³/mol. The van der Waals surface area contributed by atoms with Crippen LogP contribution in [0.4, 0.5) is 0 Å². The van der Waals surface area contributed by atoms with Gasteiger partial charge in [0.1, 0.15) is 5.76 Å². The molecule has 0 spiro atoms. The molecule has 1 fully saturated rings. The van der Waals surface area contributed by atoms with E-state index in [9.17, 15) is 8.42 Å². The van der Waals surface area contributed by atoms with Crippen molar-refractivity contribution in [1.82, 2.24) is 4.31 Å². The van der Waals surface area contributed by atoms with Gasteiger partial charge in [-0.2, -0.15) is 4.31 Å². The minimum atomic E-state index is -3.49. The zero-order valence-corrected chi connectivity index (χ0v) is 13.8. The Morgan fingerprint density at radius 1 is 1.09 bits per heavy atom. The molecule has 3 rings (SSSR count). The van der Waals surface area contributed by atoms with Crippen molar-refractivity contribution in [3.05, 3.63) is 65.5 Å². The zero-order chi connectivity index (χ0) is 16.1. The Morgan fingerprint density at radius 3 is 2.48 bits per heavy atom. The zero-order valence-electron chi connectivity index (χ0n) is 13.0. The van der Waals surface area contributed by atoms with Gasteiger partial charge in [0.15, 0.2) is 0 Å². The quantitative estimate of drug-likeness (QED) is 0.803. The normalized spacial score (nSPS) is 16.6. The van der Waals surface area contributed by atoms with Gasteiger partial charge in [-0.05, 0) is 36.6 Å². The standard InChI is InChI=1S/C18H21NO3S/c20-23(21,14-12-16-7-2-1-3-8-16)19(17-9-4-5-10-17)15-18-11-6-13-22-18/h1-3,6-8,11-14,17H,4-5,9-10,15H2/b14-12+. The number of sulfonamides is 1. The molecule has 1 heterocycles. The maximum Gasteiger partial charge on any atom is 0.236 e. The average Bonchev–Trinajstić information content (AvgIpc) is 3.25. The van der Waals surface area contributed by atoms with E-state index >= 15 is 0 Å². The summed E-state index contributed by atoms with van der Waals surface area (Å²) in [5.74, 6) is 0.675. The predicted octanol–water partition coefficient (Wildman–Crippen LogP) is 4.02. The molecule has 0 N–H and O–H groups in total. The van der Waals surface area contributed by atoms with Crippen LogP contribution in [0.5, 0.6) is 0 Å². The third-order valence-corrected chi connectivity index (χ3v) is 5.74. The second-order valence-electron chi connectivity index (χ2n) is 5.82. The van der Waals surface area contributed by atoms with Crippen LogP contribution in [0.3, 0.4) is 0 Å². The fraction of sp³-hybridized carbons (Fsp3) is 0.333. The van der Waals surface area contributed by atoms with Crippen molar-refractivity contribution < 1.29 is 12.8 Å². The van der Waals surface area contributed by atoms with Crippen LogP contribution < -0.4 is 0 Å². The first-order chi connectivity index (χ1) is 11.1. The highest BCUT2D eigenvalue weighted by atomic mass is 32.2. The van der Waals surface area contributed by atoms with Crippen molar-refractivity contribution in [2.75, 3.05) is 0 Å². The van der Waals surface area contributed by atoms with E-state index in [2.05, 4.69) is 0 Å². The van der Waals surface area contributed by atoms with Gasteiger partial charge >= 0.3 is 0 Å². The summed E-state index contributed by atoms with van der Waals surface area (Å²) in [6, 6.07) is 13.1. The molecule has 23 heavy (non-hydrogen) atoms. The van der Waals surface area contributed by atoms with E-state index in [-0.39, 0.29) is 6.04 Å². The number of nitrogens with zero attached hydrogens (tertiary/aromatic N) is 1. The van der Waals surface area contributed by atoms with Gasteiger partial charge in [-0.15, -0.1) is 0 Å². The Kier molecular flexibility index (Phi) is 4.98. The molecule has 0 unspecified atom stereocenters. The van der Waals surface area contributed by atoms with Gasteiger partial charge in [-0.1, -0.05) is 43.2 Å². The minimum absolute atomic E-state index is 0.0607. The molecule has 0 amide bonds. The second-order valence-corrected chi connectivity index (χ2v) is 7.59. The van der Waals surface area contributed by atoms with Crippen LogP contribution in [0.25, 0.3) is 6.08 Å². The molecular weight excluding hydrogens is 310 g/mol. The SMILES string of the molecule is O=S(=O)(/C=C/c1ccccc1)N(Cc1ccco1)C1CCCC1. The van der Waals surface area contributed by atoms with E-state index in [1.54, 1.807) is 22.7 Å². The summed E-state index contributed by atoms with van der Waals surface area (Å²) < 4.78 is 32.6. The first-order valence-electron chi connectivity index (χ1n) is 7.92. The van der Waals surface area contributed by atoms with Crippen molar-refractivity contribution in [3.63, 3.8) is 0 Å². The summed E-state index contributed by atoms with van der Waals surface area (Å²) in [5.41, 5.74) is 0.875. The fourth-order valence-corrected chi connectivity index (χ4v) is 4.40. The van der Waals surface area contributed by atoms with Gasteiger partial charge < -0.3 is 4.42 Å². The van der Waals surface area contributed by atoms with E-state index in [0.717, 1.165) is 31.2 Å². The van der Waals surface area contributed by atoms with Gasteiger partial charge in [-0.3, -0.25) is 0 Å². The molecule has 2 aromatic rings. The highest BCUT2D eigenvalue weighted by molar-refractivity contribution is 7.92. The first kappa shape index (κ1) is 16.0. The average molecular weight is 331 g/mol. The summed E-state index contributed by atoms with van der Waals surface area (Å²) in [5, 5.41) is 1.31. The molecule has 4 nitrogen and oxygen atoms in total. The smallest absolute Gasteiger partial charge is 0.236 e. The van der Waals surface area contributed by atoms with Gasteiger partial charge in [0.25, 0.3) is 0 Å². The summed E-state index contributed by atoms with van der Waals surface area (Å²) >= 11 is 0. The van der Waals surface area contributed by atoms with Crippen molar-refractivity contribution in [2.45, 2.75) is 38.3 Å². The number of hydrogen-bond donors (Lipinski definition) is 0. The van der Waals surface area contributed by atoms with Gasteiger partial charge in [-0.25, -0.2) is 8.42 Å². The lowest BCUT2D eigenvalue weighted by atomic mass is 10.2. The molecule has 0 radical (unpaired) electrons. The molecule has 0 aliphatic heterocycles. The molecule has 1 saturated carbocycles. The monoisotopic (exact) mass is 331 g/mol. The van der Waals surface area contributed by atoms with E-state index < -0.39 is 10.0 Å². The highest BCUT2D eigenvalue weighted by Crippen LogP contribution is 2.28. The van der Waals surface area contributed by atoms with E-state index in [4.69, 9.17) is 4.42 Å². The molecule has 0 atom stereocenters. The topological polar surface area (TPSA) is 50.5 Å². The summed E-state index contributed by atoms with van der Waals surface area (Å²) in [7, 11) is -3.49. The van der Waals surface area contributed by atoms with Crippen LogP contribution in [0, 0.1) is 0 Å². The van der Waals surface area contributed by atoms with E-state index in [0.29, 0.717) is 12.3 Å². The van der Waals surface area contributed by atoms with Crippen molar-refractivity contribution >= 4 is 16.1 Å². The molecular formula is C18H21NO3S. The number of benzene rings is 1. The largest absolute Gasteiger partial charge is 0.468 e. The lowest BCUT2D eigenvalue weighted by Gasteiger charge is -2.25. The molecule has 122 valence electrons. The Morgan fingerprint density at radius 2 is 1.83 bits per heavy atom. The highest BCUT2D eigenvalue weighted by Gasteiger charge is 2.31. The Labute approximate surface area is 137 Å². The summed E-state index contributed by atoms with van der Waals surface area (Å²) in [6.45, 7) is 0.291.